The van der Waals surface area contributed by atoms with Crippen LogP contribution in [-0.2, 0) is 4.74 Å². The topological polar surface area (TPSA) is 43.6 Å². The first-order chi connectivity index (χ1) is 12.7. The molecule has 1 aliphatic heterocycles. The van der Waals surface area contributed by atoms with Crippen LogP contribution in [0.3, 0.4) is 0 Å². The lowest BCUT2D eigenvalue weighted by molar-refractivity contribution is -0.0243. The third kappa shape index (κ3) is 4.68. The van der Waals surface area contributed by atoms with Crippen molar-refractivity contribution in [2.45, 2.75) is 51.2 Å². The molecule has 142 valence electrons. The van der Waals surface area contributed by atoms with E-state index in [0.29, 0.717) is 18.1 Å². The van der Waals surface area contributed by atoms with Gasteiger partial charge in [-0.25, -0.2) is 0 Å². The van der Waals surface area contributed by atoms with E-state index in [4.69, 9.17) is 13.9 Å². The second kappa shape index (κ2) is 9.24. The highest BCUT2D eigenvalue weighted by molar-refractivity contribution is 5.39. The van der Waals surface area contributed by atoms with E-state index >= 15 is 0 Å². The maximum absolute atomic E-state index is 5.88. The van der Waals surface area contributed by atoms with Crippen LogP contribution in [0.15, 0.2) is 47.1 Å². The normalized spacial score (nSPS) is 21.7. The highest BCUT2D eigenvalue weighted by Crippen LogP contribution is 2.34. The van der Waals surface area contributed by atoms with E-state index in [1.165, 1.54) is 5.56 Å². The summed E-state index contributed by atoms with van der Waals surface area (Å²) in [5, 5.41) is 3.74. The average molecular weight is 357 g/mol. The van der Waals surface area contributed by atoms with Crippen LogP contribution < -0.4 is 10.1 Å². The lowest BCUT2D eigenvalue weighted by Crippen LogP contribution is -2.41. The predicted octanol–water partition coefficient (Wildman–Crippen LogP) is 4.60. The lowest BCUT2D eigenvalue weighted by atomic mass is 9.91. The molecule has 0 amide bonds. The summed E-state index contributed by atoms with van der Waals surface area (Å²) in [7, 11) is 1.73. The first kappa shape index (κ1) is 19.0. The molecule has 1 N–H and O–H groups in total. The summed E-state index contributed by atoms with van der Waals surface area (Å²) in [6, 6.07) is 12.8. The fraction of sp³-hybridized carbons (Fsp3) is 0.545. The van der Waals surface area contributed by atoms with Gasteiger partial charge >= 0.3 is 0 Å². The number of ether oxygens (including phenoxy) is 2. The molecule has 0 unspecified atom stereocenters. The van der Waals surface area contributed by atoms with Crippen molar-refractivity contribution in [3.8, 4) is 5.75 Å². The molecule has 0 spiro atoms. The van der Waals surface area contributed by atoms with Crippen LogP contribution in [0, 0.1) is 5.92 Å². The largest absolute Gasteiger partial charge is 0.496 e. The molecule has 1 aromatic carbocycles. The molecule has 1 saturated heterocycles. The average Bonchev–Trinajstić information content (AvgIpc) is 3.20. The maximum atomic E-state index is 5.88. The highest BCUT2D eigenvalue weighted by Gasteiger charge is 2.25. The smallest absolute Gasteiger partial charge is 0.122 e. The van der Waals surface area contributed by atoms with Gasteiger partial charge in [0.1, 0.15) is 11.5 Å². The van der Waals surface area contributed by atoms with E-state index in [1.54, 1.807) is 13.4 Å². The molecule has 0 aliphatic carbocycles. The van der Waals surface area contributed by atoms with Crippen LogP contribution in [0.2, 0.25) is 0 Å². The number of para-hydroxylation sites is 1. The molecule has 4 nitrogen and oxygen atoms in total. The molecule has 2 heterocycles. The summed E-state index contributed by atoms with van der Waals surface area (Å²) in [6.07, 6.45) is 5.27. The van der Waals surface area contributed by atoms with Crippen molar-refractivity contribution in [2.75, 3.05) is 20.3 Å². The van der Waals surface area contributed by atoms with Gasteiger partial charge in [0, 0.05) is 24.1 Å². The van der Waals surface area contributed by atoms with Gasteiger partial charge < -0.3 is 19.2 Å². The van der Waals surface area contributed by atoms with Gasteiger partial charge in [0.05, 0.1) is 19.5 Å². The van der Waals surface area contributed by atoms with Crippen molar-refractivity contribution in [1.82, 2.24) is 5.32 Å². The summed E-state index contributed by atoms with van der Waals surface area (Å²) in [5.41, 5.74) is 1.18. The van der Waals surface area contributed by atoms with Gasteiger partial charge in [-0.15, -0.1) is 0 Å². The molecule has 3 atom stereocenters. The molecular weight excluding hydrogens is 326 g/mol. The third-order valence-electron chi connectivity index (χ3n) is 5.33. The number of furan rings is 1. The minimum Gasteiger partial charge on any atom is -0.496 e. The summed E-state index contributed by atoms with van der Waals surface area (Å²) >= 11 is 0. The molecule has 26 heavy (non-hydrogen) atoms. The van der Waals surface area contributed by atoms with Crippen LogP contribution in [0.1, 0.15) is 50.4 Å². The van der Waals surface area contributed by atoms with Crippen LogP contribution in [-0.4, -0.2) is 32.4 Å². The number of benzene rings is 1. The van der Waals surface area contributed by atoms with Crippen molar-refractivity contribution in [2.24, 2.45) is 5.92 Å². The van der Waals surface area contributed by atoms with Crippen LogP contribution in [0.4, 0.5) is 0 Å². The zero-order valence-corrected chi connectivity index (χ0v) is 16.1. The van der Waals surface area contributed by atoms with E-state index in [0.717, 1.165) is 43.9 Å². The Morgan fingerprint density at radius 2 is 2.04 bits per heavy atom. The van der Waals surface area contributed by atoms with E-state index in [9.17, 15) is 0 Å². The Labute approximate surface area is 156 Å². The molecule has 3 rings (SSSR count). The molecule has 1 fully saturated rings. The lowest BCUT2D eigenvalue weighted by Gasteiger charge is -2.32. The fourth-order valence-corrected chi connectivity index (χ4v) is 3.80. The van der Waals surface area contributed by atoms with Gasteiger partial charge in [-0.05, 0) is 49.9 Å². The molecule has 0 bridgehead atoms. The van der Waals surface area contributed by atoms with Crippen molar-refractivity contribution >= 4 is 0 Å². The first-order valence-electron chi connectivity index (χ1n) is 9.70. The Morgan fingerprint density at radius 1 is 1.19 bits per heavy atom. The Bertz CT molecular complexity index is 653. The zero-order valence-electron chi connectivity index (χ0n) is 16.1. The second-order valence-corrected chi connectivity index (χ2v) is 7.43. The number of rotatable bonds is 8. The van der Waals surface area contributed by atoms with E-state index < -0.39 is 0 Å². The monoisotopic (exact) mass is 357 g/mol. The molecule has 4 heteroatoms. The zero-order chi connectivity index (χ0) is 18.4. The Balaban J connectivity index is 1.64. The van der Waals surface area contributed by atoms with Crippen molar-refractivity contribution in [1.29, 1.82) is 0 Å². The van der Waals surface area contributed by atoms with Gasteiger partial charge in [-0.3, -0.25) is 0 Å². The SMILES string of the molecule is COc1ccccc1[C@@H](CCN[C@H]1CCO[C@H](C(C)C)C1)c1ccco1. The molecule has 1 aliphatic rings. The standard InChI is InChI=1S/C22H31NO3/c1-16(2)22-15-17(11-14-26-22)23-12-10-19(21-9-6-13-25-21)18-7-4-5-8-20(18)24-3/h4-9,13,16-17,19,22-23H,10-12,14-15H2,1-3H3/t17-,19+,22-/m0/s1. The number of nitrogens with one attached hydrogen (secondary N) is 1. The Hall–Kier alpha value is -1.78. The van der Waals surface area contributed by atoms with Gasteiger partial charge in [0.2, 0.25) is 0 Å². The molecule has 0 saturated carbocycles. The van der Waals surface area contributed by atoms with Crippen LogP contribution in [0.25, 0.3) is 0 Å². The molecule has 0 radical (unpaired) electrons. The number of methoxy groups -OCH3 is 1. The molecule has 2 aromatic rings. The van der Waals surface area contributed by atoms with Crippen LogP contribution >= 0.6 is 0 Å². The Kier molecular flexibility index (Phi) is 6.75. The quantitative estimate of drug-likeness (QED) is 0.750. The number of hydrogen-bond donors (Lipinski definition) is 1. The van der Waals surface area contributed by atoms with E-state index in [-0.39, 0.29) is 5.92 Å². The van der Waals surface area contributed by atoms with Crippen molar-refractivity contribution in [3.05, 3.63) is 54.0 Å². The van der Waals surface area contributed by atoms with Gasteiger partial charge in [-0.1, -0.05) is 32.0 Å². The second-order valence-electron chi connectivity index (χ2n) is 7.43. The van der Waals surface area contributed by atoms with E-state index in [1.807, 2.05) is 18.2 Å². The number of hydrogen-bond acceptors (Lipinski definition) is 4. The van der Waals surface area contributed by atoms with Gasteiger partial charge in [-0.2, -0.15) is 0 Å². The maximum Gasteiger partial charge on any atom is 0.122 e. The van der Waals surface area contributed by atoms with Gasteiger partial charge in [0.15, 0.2) is 0 Å². The van der Waals surface area contributed by atoms with E-state index in [2.05, 4.69) is 37.4 Å². The third-order valence-corrected chi connectivity index (χ3v) is 5.33. The summed E-state index contributed by atoms with van der Waals surface area (Å²) < 4.78 is 17.2. The van der Waals surface area contributed by atoms with Crippen LogP contribution in [0.5, 0.6) is 5.75 Å². The van der Waals surface area contributed by atoms with Gasteiger partial charge in [0.25, 0.3) is 0 Å². The minimum absolute atomic E-state index is 0.189. The summed E-state index contributed by atoms with van der Waals surface area (Å²) in [6.45, 7) is 6.27. The molecule has 1 aromatic heterocycles. The van der Waals surface area contributed by atoms with Crippen molar-refractivity contribution in [3.63, 3.8) is 0 Å². The minimum atomic E-state index is 0.189. The predicted molar refractivity (Wildman–Crippen MR) is 104 cm³/mol. The summed E-state index contributed by atoms with van der Waals surface area (Å²) in [5.74, 6) is 2.67. The fourth-order valence-electron chi connectivity index (χ4n) is 3.80. The molecular formula is C22H31NO3. The Morgan fingerprint density at radius 3 is 2.77 bits per heavy atom. The first-order valence-corrected chi connectivity index (χ1v) is 9.70. The summed E-state index contributed by atoms with van der Waals surface area (Å²) in [4.78, 5) is 0. The highest BCUT2D eigenvalue weighted by atomic mass is 16.5. The van der Waals surface area contributed by atoms with Crippen molar-refractivity contribution < 1.29 is 13.9 Å².